The van der Waals surface area contributed by atoms with Crippen LogP contribution in [0.2, 0.25) is 0 Å². The molecule has 0 fully saturated rings. The first-order chi connectivity index (χ1) is 14.1. The lowest BCUT2D eigenvalue weighted by molar-refractivity contribution is 0.0951. The number of thioether (sulfide) groups is 1. The summed E-state index contributed by atoms with van der Waals surface area (Å²) in [6, 6.07) is 23.1. The summed E-state index contributed by atoms with van der Waals surface area (Å²) in [5.41, 5.74) is 7.02. The number of nitrogens with one attached hydrogen (secondary N) is 1. The van der Waals surface area contributed by atoms with E-state index < -0.39 is 0 Å². The number of carbonyl (C=O) groups is 1. The normalized spacial score (nSPS) is 10.7. The molecule has 1 N–H and O–H groups in total. The van der Waals surface area contributed by atoms with E-state index in [0.717, 1.165) is 18.6 Å². The summed E-state index contributed by atoms with van der Waals surface area (Å²) in [4.78, 5) is 13.8. The minimum absolute atomic E-state index is 0.0216. The lowest BCUT2D eigenvalue weighted by atomic mass is 10.0. The number of hydrogen-bond acceptors (Lipinski definition) is 2. The van der Waals surface area contributed by atoms with Gasteiger partial charge in [0.25, 0.3) is 5.91 Å². The molecule has 0 unspecified atom stereocenters. The summed E-state index contributed by atoms with van der Waals surface area (Å²) in [6.45, 7) is 6.98. The minimum Gasteiger partial charge on any atom is -0.348 e. The molecule has 0 saturated heterocycles. The molecule has 0 aliphatic carbocycles. The smallest absolute Gasteiger partial charge is 0.251 e. The van der Waals surface area contributed by atoms with Crippen LogP contribution < -0.4 is 5.32 Å². The van der Waals surface area contributed by atoms with Gasteiger partial charge in [0.05, 0.1) is 0 Å². The Bertz CT molecular complexity index is 945. The molecule has 0 spiro atoms. The fraction of sp³-hybridized carbons (Fsp3) is 0.269. The van der Waals surface area contributed by atoms with Gasteiger partial charge in [0, 0.05) is 22.8 Å². The molecule has 0 aliphatic heterocycles. The van der Waals surface area contributed by atoms with E-state index >= 15 is 0 Å². The molecule has 0 heterocycles. The predicted octanol–water partition coefficient (Wildman–Crippen LogP) is 6.34. The highest BCUT2D eigenvalue weighted by atomic mass is 32.2. The van der Waals surface area contributed by atoms with Crippen LogP contribution in [0.3, 0.4) is 0 Å². The fourth-order valence-corrected chi connectivity index (χ4v) is 4.09. The summed E-state index contributed by atoms with van der Waals surface area (Å²) < 4.78 is 0. The largest absolute Gasteiger partial charge is 0.348 e. The highest BCUT2D eigenvalue weighted by Crippen LogP contribution is 2.23. The highest BCUT2D eigenvalue weighted by Gasteiger charge is 2.08. The van der Waals surface area contributed by atoms with Crippen molar-refractivity contribution < 1.29 is 4.79 Å². The first-order valence-electron chi connectivity index (χ1n) is 10.3. The van der Waals surface area contributed by atoms with Gasteiger partial charge in [0.2, 0.25) is 0 Å². The number of rotatable bonds is 8. The molecule has 2 nitrogen and oxygen atoms in total. The Morgan fingerprint density at radius 1 is 0.828 bits per heavy atom. The molecule has 3 aromatic rings. The van der Waals surface area contributed by atoms with Crippen LogP contribution in [0.5, 0.6) is 0 Å². The number of benzene rings is 3. The van der Waals surface area contributed by atoms with Crippen LogP contribution in [0.4, 0.5) is 0 Å². The van der Waals surface area contributed by atoms with E-state index in [0.29, 0.717) is 12.1 Å². The van der Waals surface area contributed by atoms with Gasteiger partial charge in [-0.1, -0.05) is 61.9 Å². The first kappa shape index (κ1) is 21.2. The van der Waals surface area contributed by atoms with Crippen LogP contribution in [0.25, 0.3) is 0 Å². The molecule has 3 aromatic carbocycles. The summed E-state index contributed by atoms with van der Waals surface area (Å²) in [7, 11) is 0. The molecule has 0 saturated carbocycles. The Hall–Kier alpha value is -2.52. The van der Waals surface area contributed by atoms with E-state index in [1.54, 1.807) is 0 Å². The monoisotopic (exact) mass is 403 g/mol. The van der Waals surface area contributed by atoms with Crippen molar-refractivity contribution in [3.63, 3.8) is 0 Å². The average Bonchev–Trinajstić information content (AvgIpc) is 2.77. The standard InChI is InChI=1S/C26H29NOS/c1-4-20-8-11-22(5-2)24(16-20)17-27-26(28)23-12-9-21(10-13-23)18-29-25-14-6-19(3)7-15-25/h6-16H,4-5,17-18H2,1-3H3,(H,27,28). The Balaban J connectivity index is 1.57. The predicted molar refractivity (Wildman–Crippen MR) is 124 cm³/mol. The van der Waals surface area contributed by atoms with E-state index in [4.69, 9.17) is 0 Å². The van der Waals surface area contributed by atoms with Gasteiger partial charge in [0.1, 0.15) is 0 Å². The fourth-order valence-electron chi connectivity index (χ4n) is 3.24. The van der Waals surface area contributed by atoms with Crippen molar-refractivity contribution in [2.75, 3.05) is 0 Å². The molecule has 3 heteroatoms. The zero-order valence-corrected chi connectivity index (χ0v) is 18.3. The van der Waals surface area contributed by atoms with Crippen LogP contribution in [0, 0.1) is 6.92 Å². The second-order valence-electron chi connectivity index (χ2n) is 7.29. The molecule has 0 bridgehead atoms. The van der Waals surface area contributed by atoms with Crippen molar-refractivity contribution in [2.45, 2.75) is 50.8 Å². The van der Waals surface area contributed by atoms with Crippen LogP contribution in [0.1, 0.15) is 52.0 Å². The van der Waals surface area contributed by atoms with Crippen LogP contribution in [0.15, 0.2) is 71.6 Å². The van der Waals surface area contributed by atoms with Crippen molar-refractivity contribution in [1.29, 1.82) is 0 Å². The third-order valence-corrected chi connectivity index (χ3v) is 6.23. The number of carbonyl (C=O) groups excluding carboxylic acids is 1. The van der Waals surface area contributed by atoms with Crippen molar-refractivity contribution in [3.8, 4) is 0 Å². The Morgan fingerprint density at radius 3 is 2.17 bits per heavy atom. The van der Waals surface area contributed by atoms with Crippen molar-refractivity contribution in [1.82, 2.24) is 5.32 Å². The Labute approximate surface area is 178 Å². The van der Waals surface area contributed by atoms with E-state index in [9.17, 15) is 4.79 Å². The second-order valence-corrected chi connectivity index (χ2v) is 8.34. The molecule has 150 valence electrons. The Morgan fingerprint density at radius 2 is 1.52 bits per heavy atom. The molecule has 0 aromatic heterocycles. The second kappa shape index (κ2) is 10.3. The third-order valence-electron chi connectivity index (χ3n) is 5.14. The van der Waals surface area contributed by atoms with E-state index in [1.807, 2.05) is 36.0 Å². The number of amides is 1. The lowest BCUT2D eigenvalue weighted by Gasteiger charge is -2.12. The van der Waals surface area contributed by atoms with Gasteiger partial charge in [-0.3, -0.25) is 4.79 Å². The minimum atomic E-state index is -0.0216. The molecule has 0 aliphatic rings. The topological polar surface area (TPSA) is 29.1 Å². The van der Waals surface area contributed by atoms with Crippen LogP contribution in [-0.2, 0) is 25.1 Å². The molecular formula is C26H29NOS. The summed E-state index contributed by atoms with van der Waals surface area (Å²) in [5, 5.41) is 3.08. The zero-order valence-electron chi connectivity index (χ0n) is 17.5. The number of aryl methyl sites for hydroxylation is 3. The zero-order chi connectivity index (χ0) is 20.6. The number of hydrogen-bond donors (Lipinski definition) is 1. The van der Waals surface area contributed by atoms with Gasteiger partial charge in [-0.2, -0.15) is 0 Å². The van der Waals surface area contributed by atoms with Gasteiger partial charge in [-0.05, 0) is 66.3 Å². The van der Waals surface area contributed by atoms with Gasteiger partial charge >= 0.3 is 0 Å². The maximum absolute atomic E-state index is 12.6. The van der Waals surface area contributed by atoms with Crippen LogP contribution in [-0.4, -0.2) is 5.91 Å². The van der Waals surface area contributed by atoms with Gasteiger partial charge < -0.3 is 5.32 Å². The molecule has 1 amide bonds. The molecule has 0 radical (unpaired) electrons. The van der Waals surface area contributed by atoms with Gasteiger partial charge in [-0.15, -0.1) is 11.8 Å². The molecule has 29 heavy (non-hydrogen) atoms. The highest BCUT2D eigenvalue weighted by molar-refractivity contribution is 7.98. The summed E-state index contributed by atoms with van der Waals surface area (Å²) in [5.74, 6) is 0.876. The van der Waals surface area contributed by atoms with Crippen LogP contribution >= 0.6 is 11.8 Å². The van der Waals surface area contributed by atoms with Crippen molar-refractivity contribution in [2.24, 2.45) is 0 Å². The van der Waals surface area contributed by atoms with Crippen molar-refractivity contribution >= 4 is 17.7 Å². The van der Waals surface area contributed by atoms with Gasteiger partial charge in [0.15, 0.2) is 0 Å². The Kier molecular flexibility index (Phi) is 7.54. The summed E-state index contributed by atoms with van der Waals surface area (Å²) >= 11 is 1.81. The van der Waals surface area contributed by atoms with E-state index in [2.05, 4.69) is 68.6 Å². The third kappa shape index (κ3) is 5.98. The first-order valence-corrected chi connectivity index (χ1v) is 11.2. The van der Waals surface area contributed by atoms with E-state index in [1.165, 1.54) is 32.7 Å². The van der Waals surface area contributed by atoms with E-state index in [-0.39, 0.29) is 5.91 Å². The van der Waals surface area contributed by atoms with Gasteiger partial charge in [-0.25, -0.2) is 0 Å². The summed E-state index contributed by atoms with van der Waals surface area (Å²) in [6.07, 6.45) is 1.98. The molecule has 3 rings (SSSR count). The van der Waals surface area contributed by atoms with Crippen molar-refractivity contribution in [3.05, 3.63) is 100 Å². The molecular weight excluding hydrogens is 374 g/mol. The lowest BCUT2D eigenvalue weighted by Crippen LogP contribution is -2.23. The quantitative estimate of drug-likeness (QED) is 0.445. The maximum atomic E-state index is 12.6. The maximum Gasteiger partial charge on any atom is 0.251 e. The average molecular weight is 404 g/mol. The SMILES string of the molecule is CCc1ccc(CC)c(CNC(=O)c2ccc(CSc3ccc(C)cc3)cc2)c1. The molecule has 0 atom stereocenters.